The first-order valence-corrected chi connectivity index (χ1v) is 8.01. The second kappa shape index (κ2) is 9.22. The molecule has 0 fully saturated rings. The minimum absolute atomic E-state index is 0.0503. The molecule has 6 heteroatoms. The van der Waals surface area contributed by atoms with Crippen molar-refractivity contribution in [2.45, 2.75) is 26.7 Å². The molecule has 0 radical (unpaired) electrons. The highest BCUT2D eigenvalue weighted by Crippen LogP contribution is 2.05. The topological polar surface area (TPSA) is 52.6 Å². The van der Waals surface area contributed by atoms with Gasteiger partial charge in [0.25, 0.3) is 0 Å². The zero-order chi connectivity index (χ0) is 12.4. The van der Waals surface area contributed by atoms with Gasteiger partial charge >= 0.3 is 0 Å². The first kappa shape index (κ1) is 16.2. The van der Waals surface area contributed by atoms with Crippen LogP contribution in [0.4, 0.5) is 0 Å². The van der Waals surface area contributed by atoms with Crippen LogP contribution in [0.2, 0.25) is 0 Å². The van der Waals surface area contributed by atoms with Crippen molar-refractivity contribution in [2.75, 3.05) is 32.2 Å². The second-order valence-corrected chi connectivity index (χ2v) is 6.67. The van der Waals surface area contributed by atoms with E-state index in [1.54, 1.807) is 6.92 Å². The molecule has 16 heavy (non-hydrogen) atoms. The lowest BCUT2D eigenvalue weighted by molar-refractivity contribution is 0.0373. The molecule has 4 nitrogen and oxygen atoms in total. The van der Waals surface area contributed by atoms with E-state index in [2.05, 4.69) is 6.92 Å². The standard InChI is InChI=1S/C10H21ClO4S/c1-3-4-5-14-6-7-15-8-10(2)9-16(11,12)13/h10H,3-9H2,1-2H3. The maximum Gasteiger partial charge on any atom is 0.232 e. The summed E-state index contributed by atoms with van der Waals surface area (Å²) in [7, 11) is 1.70. The van der Waals surface area contributed by atoms with Gasteiger partial charge in [-0.25, -0.2) is 8.42 Å². The Hall–Kier alpha value is 0.160. The molecule has 0 aliphatic heterocycles. The molecule has 0 amide bonds. The van der Waals surface area contributed by atoms with Crippen LogP contribution < -0.4 is 0 Å². The summed E-state index contributed by atoms with van der Waals surface area (Å²) in [5.41, 5.74) is 0. The Kier molecular flexibility index (Phi) is 9.31. The van der Waals surface area contributed by atoms with Crippen molar-refractivity contribution in [3.63, 3.8) is 0 Å². The van der Waals surface area contributed by atoms with Crippen LogP contribution in [0.3, 0.4) is 0 Å². The van der Waals surface area contributed by atoms with Gasteiger partial charge < -0.3 is 9.47 Å². The lowest BCUT2D eigenvalue weighted by Crippen LogP contribution is -2.16. The molecule has 0 aromatic heterocycles. The monoisotopic (exact) mass is 272 g/mol. The predicted molar refractivity (Wildman–Crippen MR) is 65.3 cm³/mol. The highest BCUT2D eigenvalue weighted by Gasteiger charge is 2.12. The van der Waals surface area contributed by atoms with Gasteiger partial charge in [-0.2, -0.15) is 0 Å². The molecule has 0 aromatic carbocycles. The van der Waals surface area contributed by atoms with Crippen molar-refractivity contribution in [1.29, 1.82) is 0 Å². The van der Waals surface area contributed by atoms with Gasteiger partial charge in [-0.05, 0) is 12.3 Å². The lowest BCUT2D eigenvalue weighted by atomic mass is 10.2. The van der Waals surface area contributed by atoms with Gasteiger partial charge in [0.1, 0.15) is 0 Å². The van der Waals surface area contributed by atoms with Gasteiger partial charge in [0.2, 0.25) is 9.05 Å². The molecule has 0 spiro atoms. The van der Waals surface area contributed by atoms with Gasteiger partial charge in [0.15, 0.2) is 0 Å². The Morgan fingerprint density at radius 1 is 1.19 bits per heavy atom. The molecule has 0 aliphatic rings. The predicted octanol–water partition coefficient (Wildman–Crippen LogP) is 2.02. The number of unbranched alkanes of at least 4 members (excludes halogenated alkanes) is 1. The summed E-state index contributed by atoms with van der Waals surface area (Å²) >= 11 is 0. The number of halogens is 1. The number of rotatable bonds is 10. The summed E-state index contributed by atoms with van der Waals surface area (Å²) in [6.45, 7) is 6.09. The van der Waals surface area contributed by atoms with E-state index in [4.69, 9.17) is 20.2 Å². The third-order valence-corrected chi connectivity index (χ3v) is 3.25. The van der Waals surface area contributed by atoms with E-state index in [1.165, 1.54) is 0 Å². The smallest absolute Gasteiger partial charge is 0.232 e. The normalized spacial score (nSPS) is 13.9. The fourth-order valence-electron chi connectivity index (χ4n) is 1.14. The van der Waals surface area contributed by atoms with Crippen molar-refractivity contribution in [3.05, 3.63) is 0 Å². The minimum atomic E-state index is -3.42. The van der Waals surface area contributed by atoms with E-state index in [1.807, 2.05) is 0 Å². The molecule has 0 saturated carbocycles. The summed E-state index contributed by atoms with van der Waals surface area (Å²) < 4.78 is 32.0. The van der Waals surface area contributed by atoms with Crippen LogP contribution in [0.15, 0.2) is 0 Å². The third kappa shape index (κ3) is 12.2. The van der Waals surface area contributed by atoms with Crippen LogP contribution in [0, 0.1) is 5.92 Å². The molecular weight excluding hydrogens is 252 g/mol. The Balaban J connectivity index is 3.31. The second-order valence-electron chi connectivity index (χ2n) is 3.85. The van der Waals surface area contributed by atoms with Crippen LogP contribution in [0.25, 0.3) is 0 Å². The zero-order valence-corrected chi connectivity index (χ0v) is 11.5. The highest BCUT2D eigenvalue weighted by atomic mass is 35.7. The van der Waals surface area contributed by atoms with Gasteiger partial charge in [0.05, 0.1) is 25.6 Å². The van der Waals surface area contributed by atoms with Crippen molar-refractivity contribution in [2.24, 2.45) is 5.92 Å². The molecule has 1 unspecified atom stereocenters. The molecule has 0 saturated heterocycles. The summed E-state index contributed by atoms with van der Waals surface area (Å²) in [4.78, 5) is 0. The molecule has 0 aromatic rings. The van der Waals surface area contributed by atoms with Gasteiger partial charge in [-0.1, -0.05) is 20.3 Å². The Morgan fingerprint density at radius 3 is 2.38 bits per heavy atom. The fourth-order valence-corrected chi connectivity index (χ4v) is 2.56. The van der Waals surface area contributed by atoms with Crippen LogP contribution in [0.1, 0.15) is 26.7 Å². The SMILES string of the molecule is CCCCOCCOCC(C)CS(=O)(=O)Cl. The van der Waals surface area contributed by atoms with E-state index in [-0.39, 0.29) is 11.7 Å². The van der Waals surface area contributed by atoms with E-state index >= 15 is 0 Å². The maximum absolute atomic E-state index is 10.7. The maximum atomic E-state index is 10.7. The molecular formula is C10H21ClO4S. The van der Waals surface area contributed by atoms with E-state index in [0.717, 1.165) is 19.4 Å². The largest absolute Gasteiger partial charge is 0.379 e. The van der Waals surface area contributed by atoms with Crippen molar-refractivity contribution < 1.29 is 17.9 Å². The summed E-state index contributed by atoms with van der Waals surface area (Å²) in [5.74, 6) is -0.135. The summed E-state index contributed by atoms with van der Waals surface area (Å²) in [6.07, 6.45) is 2.17. The van der Waals surface area contributed by atoms with Gasteiger partial charge in [-0.3, -0.25) is 0 Å². The molecule has 1 atom stereocenters. The molecule has 0 heterocycles. The van der Waals surface area contributed by atoms with Crippen LogP contribution >= 0.6 is 10.7 Å². The van der Waals surface area contributed by atoms with Crippen molar-refractivity contribution in [1.82, 2.24) is 0 Å². The Bertz CT molecular complexity index is 254. The Labute approximate surface area is 103 Å². The molecule has 0 aliphatic carbocycles. The van der Waals surface area contributed by atoms with Crippen molar-refractivity contribution >= 4 is 19.7 Å². The molecule has 0 N–H and O–H groups in total. The Morgan fingerprint density at radius 2 is 1.81 bits per heavy atom. The molecule has 98 valence electrons. The van der Waals surface area contributed by atoms with Crippen LogP contribution in [0.5, 0.6) is 0 Å². The number of hydrogen-bond acceptors (Lipinski definition) is 4. The molecule has 0 bridgehead atoms. The van der Waals surface area contributed by atoms with E-state index < -0.39 is 9.05 Å². The van der Waals surface area contributed by atoms with E-state index in [9.17, 15) is 8.42 Å². The average Bonchev–Trinajstić information content (AvgIpc) is 2.13. The van der Waals surface area contributed by atoms with Crippen LogP contribution in [-0.2, 0) is 18.5 Å². The quantitative estimate of drug-likeness (QED) is 0.451. The first-order valence-electron chi connectivity index (χ1n) is 5.53. The molecule has 0 rings (SSSR count). The summed E-state index contributed by atoms with van der Waals surface area (Å²) in [5, 5.41) is 0. The first-order chi connectivity index (χ1) is 7.45. The zero-order valence-electron chi connectivity index (χ0n) is 9.95. The summed E-state index contributed by atoms with van der Waals surface area (Å²) in [6, 6.07) is 0. The lowest BCUT2D eigenvalue weighted by Gasteiger charge is -2.10. The highest BCUT2D eigenvalue weighted by molar-refractivity contribution is 8.13. The van der Waals surface area contributed by atoms with Crippen LogP contribution in [-0.4, -0.2) is 40.6 Å². The van der Waals surface area contributed by atoms with Gasteiger partial charge in [0, 0.05) is 17.3 Å². The van der Waals surface area contributed by atoms with Gasteiger partial charge in [-0.15, -0.1) is 0 Å². The third-order valence-electron chi connectivity index (χ3n) is 1.90. The minimum Gasteiger partial charge on any atom is -0.379 e. The number of hydrogen-bond donors (Lipinski definition) is 0. The fraction of sp³-hybridized carbons (Fsp3) is 1.00. The average molecular weight is 273 g/mol. The van der Waals surface area contributed by atoms with E-state index in [0.29, 0.717) is 19.8 Å². The van der Waals surface area contributed by atoms with Crippen molar-refractivity contribution in [3.8, 4) is 0 Å². The number of ether oxygens (including phenoxy) is 2.